The summed E-state index contributed by atoms with van der Waals surface area (Å²) in [7, 11) is -3.69. The molecule has 2 aromatic carbocycles. The molecule has 0 amide bonds. The summed E-state index contributed by atoms with van der Waals surface area (Å²) in [4.78, 5) is 4.42. The highest BCUT2D eigenvalue weighted by Gasteiger charge is 2.23. The molecular weight excluding hydrogens is 362 g/mol. The molecule has 0 aliphatic carbocycles. The van der Waals surface area contributed by atoms with Gasteiger partial charge >= 0.3 is 0 Å². The third-order valence-corrected chi connectivity index (χ3v) is 5.48. The van der Waals surface area contributed by atoms with Crippen molar-refractivity contribution in [3.63, 3.8) is 0 Å². The molecule has 8 heteroatoms. The Balaban J connectivity index is 1.81. The van der Waals surface area contributed by atoms with Crippen LogP contribution >= 0.6 is 11.6 Å². The van der Waals surface area contributed by atoms with Crippen LogP contribution in [0, 0.1) is 6.92 Å². The van der Waals surface area contributed by atoms with Gasteiger partial charge in [0, 0.05) is 5.56 Å². The van der Waals surface area contributed by atoms with Gasteiger partial charge in [-0.2, -0.15) is 9.71 Å². The SMILES string of the molecule is Cc1ccc(S(=O)(=O)N[C@@H](C)c2nc(-c3ccccc3Cl)no2)cc1. The predicted molar refractivity (Wildman–Crippen MR) is 94.7 cm³/mol. The molecule has 0 bridgehead atoms. The first kappa shape index (κ1) is 17.6. The first-order valence-electron chi connectivity index (χ1n) is 7.54. The molecule has 0 fully saturated rings. The van der Waals surface area contributed by atoms with E-state index in [1.165, 1.54) is 0 Å². The summed E-state index contributed by atoms with van der Waals surface area (Å²) in [6, 6.07) is 13.0. The van der Waals surface area contributed by atoms with Gasteiger partial charge in [0.1, 0.15) is 0 Å². The van der Waals surface area contributed by atoms with Gasteiger partial charge in [0.15, 0.2) is 0 Å². The average Bonchev–Trinajstić information content (AvgIpc) is 3.05. The van der Waals surface area contributed by atoms with Gasteiger partial charge in [-0.1, -0.05) is 46.6 Å². The number of hydrogen-bond donors (Lipinski definition) is 1. The van der Waals surface area contributed by atoms with Crippen LogP contribution < -0.4 is 4.72 Å². The zero-order valence-corrected chi connectivity index (χ0v) is 15.2. The molecule has 0 spiro atoms. The third kappa shape index (κ3) is 3.89. The monoisotopic (exact) mass is 377 g/mol. The van der Waals surface area contributed by atoms with Crippen molar-refractivity contribution in [2.75, 3.05) is 0 Å². The van der Waals surface area contributed by atoms with E-state index in [1.807, 2.05) is 6.92 Å². The fourth-order valence-electron chi connectivity index (χ4n) is 2.23. The van der Waals surface area contributed by atoms with Crippen LogP contribution in [-0.2, 0) is 10.0 Å². The van der Waals surface area contributed by atoms with Gasteiger partial charge in [-0.05, 0) is 38.1 Å². The minimum absolute atomic E-state index is 0.158. The molecule has 0 aliphatic heterocycles. The minimum atomic E-state index is -3.69. The van der Waals surface area contributed by atoms with Gasteiger partial charge in [-0.25, -0.2) is 8.42 Å². The quantitative estimate of drug-likeness (QED) is 0.732. The highest BCUT2D eigenvalue weighted by atomic mass is 35.5. The van der Waals surface area contributed by atoms with E-state index in [1.54, 1.807) is 55.5 Å². The second-order valence-corrected chi connectivity index (χ2v) is 7.71. The van der Waals surface area contributed by atoms with Crippen molar-refractivity contribution < 1.29 is 12.9 Å². The van der Waals surface area contributed by atoms with Crippen molar-refractivity contribution in [3.05, 3.63) is 65.0 Å². The van der Waals surface area contributed by atoms with Crippen LogP contribution in [0.4, 0.5) is 0 Å². The summed E-state index contributed by atoms with van der Waals surface area (Å²) in [5.74, 6) is 0.465. The molecule has 6 nitrogen and oxygen atoms in total. The molecule has 130 valence electrons. The Morgan fingerprint density at radius 1 is 1.12 bits per heavy atom. The minimum Gasteiger partial charge on any atom is -0.337 e. The van der Waals surface area contributed by atoms with Crippen molar-refractivity contribution in [3.8, 4) is 11.4 Å². The Kier molecular flexibility index (Phi) is 4.89. The lowest BCUT2D eigenvalue weighted by Crippen LogP contribution is -2.27. The number of nitrogens with zero attached hydrogens (tertiary/aromatic N) is 2. The molecule has 0 aliphatic rings. The molecule has 0 radical (unpaired) electrons. The van der Waals surface area contributed by atoms with E-state index < -0.39 is 16.1 Å². The zero-order chi connectivity index (χ0) is 18.0. The Morgan fingerprint density at radius 2 is 1.80 bits per heavy atom. The van der Waals surface area contributed by atoms with Gasteiger partial charge in [0.2, 0.25) is 21.7 Å². The van der Waals surface area contributed by atoms with Crippen LogP contribution in [0.15, 0.2) is 57.9 Å². The van der Waals surface area contributed by atoms with E-state index in [0.717, 1.165) is 5.56 Å². The maximum absolute atomic E-state index is 12.4. The maximum Gasteiger partial charge on any atom is 0.244 e. The highest BCUT2D eigenvalue weighted by molar-refractivity contribution is 7.89. The highest BCUT2D eigenvalue weighted by Crippen LogP contribution is 2.26. The molecule has 1 atom stereocenters. The number of halogens is 1. The van der Waals surface area contributed by atoms with Crippen LogP contribution in [-0.4, -0.2) is 18.6 Å². The normalized spacial score (nSPS) is 12.9. The topological polar surface area (TPSA) is 85.1 Å². The first-order chi connectivity index (χ1) is 11.9. The lowest BCUT2D eigenvalue weighted by atomic mass is 10.2. The van der Waals surface area contributed by atoms with Crippen molar-refractivity contribution in [2.45, 2.75) is 24.8 Å². The van der Waals surface area contributed by atoms with Crippen LogP contribution in [0.25, 0.3) is 11.4 Å². The summed E-state index contributed by atoms with van der Waals surface area (Å²) in [5, 5.41) is 4.37. The standard InChI is InChI=1S/C17H16ClN3O3S/c1-11-7-9-13(10-8-11)25(22,23)21-12(2)17-19-16(20-24-17)14-5-3-4-6-15(14)18/h3-10,12,21H,1-2H3/t12-/m0/s1. The van der Waals surface area contributed by atoms with Crippen molar-refractivity contribution in [1.29, 1.82) is 0 Å². The van der Waals surface area contributed by atoms with Gasteiger partial charge in [0.05, 0.1) is 16.0 Å². The van der Waals surface area contributed by atoms with Crippen LogP contribution in [0.5, 0.6) is 0 Å². The second kappa shape index (κ2) is 6.95. The molecule has 3 aromatic rings. The van der Waals surface area contributed by atoms with Crippen LogP contribution in [0.1, 0.15) is 24.4 Å². The molecule has 25 heavy (non-hydrogen) atoms. The van der Waals surface area contributed by atoms with Gasteiger partial charge < -0.3 is 4.52 Å². The number of aromatic nitrogens is 2. The number of rotatable bonds is 5. The molecule has 3 rings (SSSR count). The summed E-state index contributed by atoms with van der Waals surface area (Å²) >= 11 is 6.11. The molecule has 0 unspecified atom stereocenters. The van der Waals surface area contributed by atoms with Crippen molar-refractivity contribution in [2.24, 2.45) is 0 Å². The van der Waals surface area contributed by atoms with Gasteiger partial charge in [-0.3, -0.25) is 0 Å². The molecule has 0 saturated carbocycles. The summed E-state index contributed by atoms with van der Waals surface area (Å²) in [6.45, 7) is 3.52. The fourth-order valence-corrected chi connectivity index (χ4v) is 3.65. The number of aryl methyl sites for hydroxylation is 1. The van der Waals surface area contributed by atoms with Crippen LogP contribution in [0.3, 0.4) is 0 Å². The summed E-state index contributed by atoms with van der Waals surface area (Å²) < 4.78 is 32.6. The third-order valence-electron chi connectivity index (χ3n) is 3.59. The van der Waals surface area contributed by atoms with Gasteiger partial charge in [0.25, 0.3) is 0 Å². The Bertz CT molecular complexity index is 984. The largest absolute Gasteiger partial charge is 0.337 e. The van der Waals surface area contributed by atoms with Gasteiger partial charge in [-0.15, -0.1) is 0 Å². The van der Waals surface area contributed by atoms with E-state index in [-0.39, 0.29) is 10.8 Å². The number of nitrogens with one attached hydrogen (secondary N) is 1. The average molecular weight is 378 g/mol. The van der Waals surface area contributed by atoms with Crippen LogP contribution in [0.2, 0.25) is 5.02 Å². The molecule has 1 heterocycles. The van der Waals surface area contributed by atoms with E-state index >= 15 is 0 Å². The van der Waals surface area contributed by atoms with E-state index in [0.29, 0.717) is 16.4 Å². The predicted octanol–water partition coefficient (Wildman–Crippen LogP) is 3.74. The smallest absolute Gasteiger partial charge is 0.244 e. The molecular formula is C17H16ClN3O3S. The second-order valence-electron chi connectivity index (χ2n) is 5.59. The summed E-state index contributed by atoms with van der Waals surface area (Å²) in [5.41, 5.74) is 1.60. The number of sulfonamides is 1. The maximum atomic E-state index is 12.4. The molecule has 1 aromatic heterocycles. The Morgan fingerprint density at radius 3 is 2.48 bits per heavy atom. The van der Waals surface area contributed by atoms with Crippen molar-refractivity contribution in [1.82, 2.24) is 14.9 Å². The lowest BCUT2D eigenvalue weighted by molar-refractivity contribution is 0.354. The lowest BCUT2D eigenvalue weighted by Gasteiger charge is -2.10. The van der Waals surface area contributed by atoms with Crippen molar-refractivity contribution >= 4 is 21.6 Å². The number of hydrogen-bond acceptors (Lipinski definition) is 5. The Hall–Kier alpha value is -2.22. The van der Waals surface area contributed by atoms with E-state index in [9.17, 15) is 8.42 Å². The molecule has 0 saturated heterocycles. The number of benzene rings is 2. The zero-order valence-electron chi connectivity index (χ0n) is 13.6. The fraction of sp³-hybridized carbons (Fsp3) is 0.176. The Labute approximate surface area is 150 Å². The van der Waals surface area contributed by atoms with E-state index in [4.69, 9.17) is 16.1 Å². The summed E-state index contributed by atoms with van der Waals surface area (Å²) in [6.07, 6.45) is 0. The van der Waals surface area contributed by atoms with E-state index in [2.05, 4.69) is 14.9 Å². The first-order valence-corrected chi connectivity index (χ1v) is 9.40. The molecule has 1 N–H and O–H groups in total.